The molecule has 0 saturated carbocycles. The van der Waals surface area contributed by atoms with Crippen LogP contribution in [-0.4, -0.2) is 36.9 Å². The van der Waals surface area contributed by atoms with Gasteiger partial charge in [0.05, 0.1) is 25.6 Å². The van der Waals surface area contributed by atoms with Crippen molar-refractivity contribution >= 4 is 23.8 Å². The molecule has 0 saturated heterocycles. The predicted octanol–water partition coefficient (Wildman–Crippen LogP) is 7.33. The number of hydrogen-bond donors (Lipinski definition) is 2. The van der Waals surface area contributed by atoms with Gasteiger partial charge in [-0.1, -0.05) is 38.1 Å². The number of rotatable bonds is 10. The number of nitrogens with zero attached hydrogens (tertiary/aromatic N) is 2. The summed E-state index contributed by atoms with van der Waals surface area (Å²) in [5.74, 6) is 1.07. The van der Waals surface area contributed by atoms with Gasteiger partial charge in [-0.3, -0.25) is 9.98 Å². The molecule has 0 atom stereocenters. The normalized spacial score (nSPS) is 11.4. The molecule has 0 aliphatic rings. The van der Waals surface area contributed by atoms with Gasteiger partial charge in [0.15, 0.2) is 23.0 Å². The second-order valence-corrected chi connectivity index (χ2v) is 9.19. The fraction of sp³-hybridized carbons (Fsp3) is 0.212. The van der Waals surface area contributed by atoms with E-state index >= 15 is 0 Å². The average Bonchev–Trinajstić information content (AvgIpc) is 2.96. The molecule has 0 heterocycles. The highest BCUT2D eigenvalue weighted by Crippen LogP contribution is 2.29. The third-order valence-corrected chi connectivity index (χ3v) is 6.57. The molecule has 0 aliphatic heterocycles. The van der Waals surface area contributed by atoms with Crippen molar-refractivity contribution in [2.75, 3.05) is 14.2 Å². The molecule has 0 radical (unpaired) electrons. The average molecular weight is 523 g/mol. The van der Waals surface area contributed by atoms with Crippen molar-refractivity contribution in [1.29, 1.82) is 0 Å². The van der Waals surface area contributed by atoms with E-state index in [4.69, 9.17) is 19.5 Å². The highest BCUT2D eigenvalue weighted by Gasteiger charge is 2.07. The van der Waals surface area contributed by atoms with Crippen molar-refractivity contribution in [3.63, 3.8) is 0 Å². The highest BCUT2D eigenvalue weighted by atomic mass is 16.5. The van der Waals surface area contributed by atoms with Crippen LogP contribution in [0.25, 0.3) is 0 Å². The maximum absolute atomic E-state index is 9.81. The lowest BCUT2D eigenvalue weighted by Gasteiger charge is -2.10. The van der Waals surface area contributed by atoms with Crippen LogP contribution in [0, 0.1) is 0 Å². The molecule has 0 aliphatic carbocycles. The lowest BCUT2D eigenvalue weighted by atomic mass is 9.98. The van der Waals surface area contributed by atoms with E-state index in [0.717, 1.165) is 41.8 Å². The summed E-state index contributed by atoms with van der Waals surface area (Å²) in [6.07, 6.45) is 6.14. The van der Waals surface area contributed by atoms with Gasteiger partial charge in [-0.15, -0.1) is 0 Å². The molecule has 6 heteroatoms. The molecule has 39 heavy (non-hydrogen) atoms. The Hall–Kier alpha value is -4.58. The fourth-order valence-corrected chi connectivity index (χ4v) is 4.39. The number of methoxy groups -OCH3 is 2. The van der Waals surface area contributed by atoms with Gasteiger partial charge in [-0.05, 0) is 101 Å². The van der Waals surface area contributed by atoms with Gasteiger partial charge in [0.25, 0.3) is 0 Å². The first-order valence-corrected chi connectivity index (χ1v) is 13.0. The van der Waals surface area contributed by atoms with Gasteiger partial charge >= 0.3 is 0 Å². The number of aromatic hydroxyl groups is 2. The molecule has 0 unspecified atom stereocenters. The van der Waals surface area contributed by atoms with Crippen LogP contribution in [0.4, 0.5) is 11.4 Å². The number of aliphatic imine (C=N–C) groups is 2. The molecule has 4 rings (SSSR count). The third-order valence-electron chi connectivity index (χ3n) is 6.57. The van der Waals surface area contributed by atoms with Gasteiger partial charge in [0.1, 0.15) is 0 Å². The Balaban J connectivity index is 1.50. The highest BCUT2D eigenvalue weighted by molar-refractivity contribution is 5.84. The van der Waals surface area contributed by atoms with Crippen LogP contribution in [0.5, 0.6) is 23.0 Å². The molecule has 6 nitrogen and oxygen atoms in total. The van der Waals surface area contributed by atoms with Crippen molar-refractivity contribution in [1.82, 2.24) is 0 Å². The van der Waals surface area contributed by atoms with Crippen LogP contribution in [-0.2, 0) is 19.3 Å². The monoisotopic (exact) mass is 522 g/mol. The smallest absolute Gasteiger partial charge is 0.161 e. The summed E-state index contributed by atoms with van der Waals surface area (Å²) in [6.45, 7) is 4.26. The van der Waals surface area contributed by atoms with Gasteiger partial charge in [0, 0.05) is 12.4 Å². The lowest BCUT2D eigenvalue weighted by molar-refractivity contribution is 0.373. The Morgan fingerprint density at radius 2 is 1.05 bits per heavy atom. The number of phenolic OH excluding ortho intramolecular Hbond substituents is 2. The van der Waals surface area contributed by atoms with Gasteiger partial charge in [-0.25, -0.2) is 0 Å². The first kappa shape index (κ1) is 27.5. The number of aryl methyl sites for hydroxylation is 2. The summed E-state index contributed by atoms with van der Waals surface area (Å²) in [4.78, 5) is 9.40. The number of benzene rings is 4. The molecule has 0 fully saturated rings. The number of hydrogen-bond acceptors (Lipinski definition) is 6. The zero-order valence-corrected chi connectivity index (χ0v) is 22.8. The minimum absolute atomic E-state index is 0.109. The van der Waals surface area contributed by atoms with Crippen LogP contribution >= 0.6 is 0 Å². The van der Waals surface area contributed by atoms with E-state index < -0.39 is 0 Å². The minimum Gasteiger partial charge on any atom is -0.504 e. The molecule has 2 N–H and O–H groups in total. The molecule has 0 aromatic heterocycles. The van der Waals surface area contributed by atoms with E-state index in [0.29, 0.717) is 11.5 Å². The van der Waals surface area contributed by atoms with E-state index in [1.807, 2.05) is 12.1 Å². The largest absolute Gasteiger partial charge is 0.504 e. The zero-order valence-electron chi connectivity index (χ0n) is 22.8. The Morgan fingerprint density at radius 3 is 1.44 bits per heavy atom. The molecule has 4 aromatic rings. The zero-order chi connectivity index (χ0) is 27.8. The lowest BCUT2D eigenvalue weighted by Crippen LogP contribution is -1.94. The fourth-order valence-electron chi connectivity index (χ4n) is 4.39. The summed E-state index contributed by atoms with van der Waals surface area (Å²) in [7, 11) is 3.06. The molecular formula is C33H34N2O4. The Labute approximate surface area is 229 Å². The summed E-state index contributed by atoms with van der Waals surface area (Å²) in [5, 5.41) is 19.6. The van der Waals surface area contributed by atoms with Crippen molar-refractivity contribution in [3.8, 4) is 23.0 Å². The van der Waals surface area contributed by atoms with Crippen LogP contribution in [0.1, 0.15) is 47.2 Å². The molecule has 0 amide bonds. The van der Waals surface area contributed by atoms with E-state index in [1.165, 1.54) is 36.5 Å². The van der Waals surface area contributed by atoms with E-state index in [-0.39, 0.29) is 11.5 Å². The number of phenols is 2. The third kappa shape index (κ3) is 6.85. The maximum atomic E-state index is 9.81. The second-order valence-electron chi connectivity index (χ2n) is 9.19. The van der Waals surface area contributed by atoms with Crippen LogP contribution < -0.4 is 9.47 Å². The summed E-state index contributed by atoms with van der Waals surface area (Å²) in [6, 6.07) is 23.2. The van der Waals surface area contributed by atoms with Crippen molar-refractivity contribution in [3.05, 3.63) is 106 Å². The Bertz CT molecular complexity index is 1400. The summed E-state index contributed by atoms with van der Waals surface area (Å²) < 4.78 is 10.4. The molecule has 0 spiro atoms. The second kappa shape index (κ2) is 12.8. The summed E-state index contributed by atoms with van der Waals surface area (Å²) in [5.41, 5.74) is 8.38. The SMILES string of the molecule is CCc1cc(Cc2ccc(N=Cc3ccc(O)c(OC)c3)c(CC)c2)ccc1N=Cc1ccc(O)c(OC)c1. The van der Waals surface area contributed by atoms with Crippen molar-refractivity contribution in [2.45, 2.75) is 33.1 Å². The van der Waals surface area contributed by atoms with Crippen molar-refractivity contribution in [2.24, 2.45) is 9.98 Å². The van der Waals surface area contributed by atoms with E-state index in [1.54, 1.807) is 36.7 Å². The van der Waals surface area contributed by atoms with E-state index in [9.17, 15) is 10.2 Å². The molecule has 0 bridgehead atoms. The van der Waals surface area contributed by atoms with Crippen molar-refractivity contribution < 1.29 is 19.7 Å². The molecular weight excluding hydrogens is 488 g/mol. The predicted molar refractivity (Wildman–Crippen MR) is 158 cm³/mol. The van der Waals surface area contributed by atoms with Gasteiger partial charge in [-0.2, -0.15) is 0 Å². The number of ether oxygens (including phenoxy) is 2. The topological polar surface area (TPSA) is 83.6 Å². The van der Waals surface area contributed by atoms with Crippen LogP contribution in [0.2, 0.25) is 0 Å². The summed E-state index contributed by atoms with van der Waals surface area (Å²) >= 11 is 0. The Morgan fingerprint density at radius 1 is 0.615 bits per heavy atom. The maximum Gasteiger partial charge on any atom is 0.161 e. The Kier molecular flexibility index (Phi) is 9.00. The van der Waals surface area contributed by atoms with Gasteiger partial charge < -0.3 is 19.7 Å². The van der Waals surface area contributed by atoms with E-state index in [2.05, 4.69) is 50.2 Å². The quantitative estimate of drug-likeness (QED) is 0.214. The van der Waals surface area contributed by atoms with Crippen LogP contribution in [0.15, 0.2) is 82.8 Å². The standard InChI is InChI=1S/C33H34N2O4/c1-5-26-16-22(7-11-28(26)34-20-24-9-13-30(36)32(18-24)38-3)15-23-8-12-29(27(6-2)17-23)35-21-25-10-14-31(37)33(19-25)39-4/h7-14,16-21,36-37H,5-6,15H2,1-4H3. The van der Waals surface area contributed by atoms with Crippen LogP contribution in [0.3, 0.4) is 0 Å². The molecule has 200 valence electrons. The van der Waals surface area contributed by atoms with Gasteiger partial charge in [0.2, 0.25) is 0 Å². The first-order valence-electron chi connectivity index (χ1n) is 13.0. The minimum atomic E-state index is 0.109. The molecule has 4 aromatic carbocycles. The first-order chi connectivity index (χ1) is 18.9.